The van der Waals surface area contributed by atoms with Gasteiger partial charge in [-0.05, 0) is 11.8 Å². The Bertz CT molecular complexity index is 317. The monoisotopic (exact) mass is 235 g/mol. The van der Waals surface area contributed by atoms with Crippen molar-refractivity contribution in [2.24, 2.45) is 11.1 Å². The van der Waals surface area contributed by atoms with Crippen LogP contribution in [-0.4, -0.2) is 37.9 Å². The van der Waals surface area contributed by atoms with Gasteiger partial charge in [-0.3, -0.25) is 5.41 Å². The number of rotatable bonds is 5. The van der Waals surface area contributed by atoms with Crippen LogP contribution in [0.3, 0.4) is 0 Å². The van der Waals surface area contributed by atoms with Crippen LogP contribution in [0.5, 0.6) is 0 Å². The molecule has 0 bridgehead atoms. The zero-order valence-corrected chi connectivity index (χ0v) is 10.7. The van der Waals surface area contributed by atoms with Crippen molar-refractivity contribution in [1.29, 1.82) is 5.41 Å². The zero-order valence-electron chi connectivity index (χ0n) is 9.87. The van der Waals surface area contributed by atoms with Crippen molar-refractivity contribution in [3.63, 3.8) is 0 Å². The lowest BCUT2D eigenvalue weighted by Gasteiger charge is -2.21. The number of amidine groups is 1. The van der Waals surface area contributed by atoms with Crippen molar-refractivity contribution >= 4 is 15.9 Å². The summed E-state index contributed by atoms with van der Waals surface area (Å²) < 4.78 is 24.5. The number of nitrogens with two attached hydrogens (primary N) is 1. The summed E-state index contributed by atoms with van der Waals surface area (Å²) in [4.78, 5) is 0. The topological polar surface area (TPSA) is 87.2 Å². The molecule has 0 amide bonds. The van der Waals surface area contributed by atoms with E-state index in [1.165, 1.54) is 7.05 Å². The molecule has 0 aliphatic heterocycles. The van der Waals surface area contributed by atoms with Crippen molar-refractivity contribution in [1.82, 2.24) is 4.31 Å². The van der Waals surface area contributed by atoms with Gasteiger partial charge in [0.2, 0.25) is 10.0 Å². The molecule has 0 aliphatic carbocycles. The highest BCUT2D eigenvalue weighted by atomic mass is 32.2. The third-order valence-corrected chi connectivity index (χ3v) is 3.78. The molecule has 0 unspecified atom stereocenters. The molecule has 0 radical (unpaired) electrons. The molecule has 0 fully saturated rings. The maximum atomic E-state index is 11.7. The first kappa shape index (κ1) is 14.4. The van der Waals surface area contributed by atoms with Crippen LogP contribution in [0.4, 0.5) is 0 Å². The molecule has 0 aromatic rings. The number of nitrogens with one attached hydrogen (secondary N) is 1. The van der Waals surface area contributed by atoms with E-state index in [1.54, 1.807) is 0 Å². The van der Waals surface area contributed by atoms with Gasteiger partial charge in [0.1, 0.15) is 5.84 Å². The SMILES string of the molecule is CN(CC(=N)N)S(=O)(=O)CCC(C)(C)C. The van der Waals surface area contributed by atoms with E-state index in [0.717, 1.165) is 4.31 Å². The number of nitrogens with zero attached hydrogens (tertiary/aromatic N) is 1. The van der Waals surface area contributed by atoms with Gasteiger partial charge in [0.05, 0.1) is 12.3 Å². The minimum atomic E-state index is -3.28. The van der Waals surface area contributed by atoms with Gasteiger partial charge in [-0.1, -0.05) is 20.8 Å². The first-order chi connectivity index (χ1) is 6.54. The van der Waals surface area contributed by atoms with Gasteiger partial charge >= 0.3 is 0 Å². The van der Waals surface area contributed by atoms with Gasteiger partial charge in [0.15, 0.2) is 0 Å². The lowest BCUT2D eigenvalue weighted by atomic mass is 9.94. The van der Waals surface area contributed by atoms with Crippen molar-refractivity contribution in [2.45, 2.75) is 27.2 Å². The second-order valence-corrected chi connectivity index (χ2v) is 7.10. The highest BCUT2D eigenvalue weighted by molar-refractivity contribution is 7.89. The lowest BCUT2D eigenvalue weighted by Crippen LogP contribution is -2.37. The molecule has 15 heavy (non-hydrogen) atoms. The van der Waals surface area contributed by atoms with Crippen LogP contribution in [0, 0.1) is 10.8 Å². The van der Waals surface area contributed by atoms with Crippen LogP contribution in [0.15, 0.2) is 0 Å². The van der Waals surface area contributed by atoms with Gasteiger partial charge < -0.3 is 5.73 Å². The number of sulfonamides is 1. The van der Waals surface area contributed by atoms with E-state index >= 15 is 0 Å². The standard InChI is InChI=1S/C9H21N3O2S/c1-9(2,3)5-6-15(13,14)12(4)7-8(10)11/h5-7H2,1-4H3,(H3,10,11). The summed E-state index contributed by atoms with van der Waals surface area (Å²) in [5.74, 6) is -0.0443. The summed E-state index contributed by atoms with van der Waals surface area (Å²) in [6.07, 6.45) is 0.595. The van der Waals surface area contributed by atoms with Crippen LogP contribution in [0.1, 0.15) is 27.2 Å². The first-order valence-electron chi connectivity index (χ1n) is 4.81. The van der Waals surface area contributed by atoms with E-state index in [1.807, 2.05) is 20.8 Å². The maximum absolute atomic E-state index is 11.7. The highest BCUT2D eigenvalue weighted by Crippen LogP contribution is 2.19. The molecule has 0 aliphatic rings. The Kier molecular flexibility index (Phi) is 4.73. The van der Waals surface area contributed by atoms with E-state index in [-0.39, 0.29) is 23.5 Å². The molecular formula is C9H21N3O2S. The average molecular weight is 235 g/mol. The first-order valence-corrected chi connectivity index (χ1v) is 6.42. The average Bonchev–Trinajstić information content (AvgIpc) is 1.98. The highest BCUT2D eigenvalue weighted by Gasteiger charge is 2.21. The smallest absolute Gasteiger partial charge is 0.214 e. The third-order valence-electron chi connectivity index (χ3n) is 1.98. The number of hydrogen-bond acceptors (Lipinski definition) is 3. The predicted molar refractivity (Wildman–Crippen MR) is 62.4 cm³/mol. The molecule has 0 rings (SSSR count). The fraction of sp³-hybridized carbons (Fsp3) is 0.889. The minimum absolute atomic E-state index is 0.00979. The second kappa shape index (κ2) is 4.94. The van der Waals surface area contributed by atoms with E-state index in [9.17, 15) is 8.42 Å². The normalized spacial score (nSPS) is 13.1. The molecular weight excluding hydrogens is 214 g/mol. The summed E-state index contributed by atoms with van der Waals surface area (Å²) in [6, 6.07) is 0. The Morgan fingerprint density at radius 2 is 1.87 bits per heavy atom. The van der Waals surface area contributed by atoms with E-state index < -0.39 is 10.0 Å². The largest absolute Gasteiger partial charge is 0.387 e. The van der Waals surface area contributed by atoms with E-state index in [0.29, 0.717) is 6.42 Å². The summed E-state index contributed by atoms with van der Waals surface area (Å²) in [6.45, 7) is 5.95. The van der Waals surface area contributed by atoms with Crippen LogP contribution >= 0.6 is 0 Å². The number of hydrogen-bond donors (Lipinski definition) is 2. The van der Waals surface area contributed by atoms with Gasteiger partial charge in [-0.25, -0.2) is 8.42 Å². The molecule has 3 N–H and O–H groups in total. The summed E-state index contributed by atoms with van der Waals surface area (Å²) >= 11 is 0. The Morgan fingerprint density at radius 1 is 1.40 bits per heavy atom. The van der Waals surface area contributed by atoms with E-state index in [4.69, 9.17) is 11.1 Å². The molecule has 5 nitrogen and oxygen atoms in total. The van der Waals surface area contributed by atoms with Crippen LogP contribution in [-0.2, 0) is 10.0 Å². The van der Waals surface area contributed by atoms with Crippen LogP contribution in [0.2, 0.25) is 0 Å². The molecule has 0 aromatic heterocycles. The maximum Gasteiger partial charge on any atom is 0.214 e. The van der Waals surface area contributed by atoms with Gasteiger partial charge in [0, 0.05) is 7.05 Å². The fourth-order valence-electron chi connectivity index (χ4n) is 0.929. The molecule has 0 atom stereocenters. The Labute approximate surface area is 92.2 Å². The molecule has 0 spiro atoms. The Morgan fingerprint density at radius 3 is 2.20 bits per heavy atom. The Balaban J connectivity index is 4.37. The van der Waals surface area contributed by atoms with Gasteiger partial charge in [-0.15, -0.1) is 0 Å². The van der Waals surface area contributed by atoms with Crippen LogP contribution < -0.4 is 5.73 Å². The summed E-state index contributed by atoms with van der Waals surface area (Å²) in [5.41, 5.74) is 5.14. The zero-order chi connectivity index (χ0) is 12.3. The fourth-order valence-corrected chi connectivity index (χ4v) is 2.45. The molecule has 0 aromatic carbocycles. The van der Waals surface area contributed by atoms with Crippen LogP contribution in [0.25, 0.3) is 0 Å². The van der Waals surface area contributed by atoms with Gasteiger partial charge in [0.25, 0.3) is 0 Å². The minimum Gasteiger partial charge on any atom is -0.387 e. The second-order valence-electron chi connectivity index (χ2n) is 4.91. The molecule has 0 heterocycles. The summed E-state index contributed by atoms with van der Waals surface area (Å²) in [5, 5.41) is 7.03. The van der Waals surface area contributed by atoms with Crippen molar-refractivity contribution in [3.8, 4) is 0 Å². The molecule has 90 valence electrons. The Hall–Kier alpha value is -0.620. The van der Waals surface area contributed by atoms with Crippen molar-refractivity contribution in [2.75, 3.05) is 19.3 Å². The molecule has 6 heteroatoms. The predicted octanol–water partition coefficient (Wildman–Crippen LogP) is 0.620. The van der Waals surface area contributed by atoms with E-state index in [2.05, 4.69) is 0 Å². The molecule has 0 saturated carbocycles. The quantitative estimate of drug-likeness (QED) is 0.541. The van der Waals surface area contributed by atoms with Crippen molar-refractivity contribution in [3.05, 3.63) is 0 Å². The summed E-state index contributed by atoms with van der Waals surface area (Å²) in [7, 11) is -1.83. The number of likely N-dealkylation sites (N-methyl/N-ethyl adjacent to an activating group) is 1. The van der Waals surface area contributed by atoms with Gasteiger partial charge in [-0.2, -0.15) is 4.31 Å². The lowest BCUT2D eigenvalue weighted by molar-refractivity contribution is 0.391. The molecule has 0 saturated heterocycles. The third kappa shape index (κ3) is 6.46. The van der Waals surface area contributed by atoms with Crippen molar-refractivity contribution < 1.29 is 8.42 Å².